The molecule has 150 valence electrons. The van der Waals surface area contributed by atoms with Crippen molar-refractivity contribution in [3.63, 3.8) is 0 Å². The van der Waals surface area contributed by atoms with E-state index in [9.17, 15) is 22.5 Å². The van der Waals surface area contributed by atoms with E-state index in [1.807, 2.05) is 0 Å². The van der Waals surface area contributed by atoms with Crippen molar-refractivity contribution in [3.8, 4) is 17.6 Å². The number of nitriles is 1. The first kappa shape index (κ1) is 19.1. The summed E-state index contributed by atoms with van der Waals surface area (Å²) in [5.74, 6) is -1.13. The summed E-state index contributed by atoms with van der Waals surface area (Å²) >= 11 is 0. The summed E-state index contributed by atoms with van der Waals surface area (Å²) in [4.78, 5) is 3.96. The van der Waals surface area contributed by atoms with Gasteiger partial charge in [0, 0.05) is 19.2 Å². The van der Waals surface area contributed by atoms with Gasteiger partial charge in [0.25, 0.3) is 0 Å². The Balaban J connectivity index is 1.67. The van der Waals surface area contributed by atoms with Gasteiger partial charge in [-0.3, -0.25) is 4.72 Å². The number of fused-ring (bicyclic) bond motifs is 1. The molecular formula is C18H14F2N4O4S. The van der Waals surface area contributed by atoms with Crippen molar-refractivity contribution >= 4 is 27.0 Å². The fourth-order valence-corrected chi connectivity index (χ4v) is 4.26. The average molecular weight is 420 g/mol. The lowest BCUT2D eigenvalue weighted by Gasteiger charge is -2.18. The van der Waals surface area contributed by atoms with Crippen LogP contribution in [0.15, 0.2) is 41.1 Å². The summed E-state index contributed by atoms with van der Waals surface area (Å²) < 4.78 is 66.5. The first-order chi connectivity index (χ1) is 13.9. The van der Waals surface area contributed by atoms with Gasteiger partial charge in [0.05, 0.1) is 5.69 Å². The van der Waals surface area contributed by atoms with Crippen molar-refractivity contribution in [1.29, 1.82) is 5.26 Å². The van der Waals surface area contributed by atoms with Gasteiger partial charge in [0.1, 0.15) is 29.1 Å². The fourth-order valence-electron chi connectivity index (χ4n) is 2.98. The SMILES string of the molecule is N#Cc1c(NS(=O)(=O)N2CCC(F)C2)ccc(F)c1Oc1ccc2ncoc2c1. The predicted molar refractivity (Wildman–Crippen MR) is 98.8 cm³/mol. The Kier molecular flexibility index (Phi) is 4.81. The zero-order valence-corrected chi connectivity index (χ0v) is 15.6. The molecule has 8 nitrogen and oxygen atoms in total. The lowest BCUT2D eigenvalue weighted by Crippen LogP contribution is -2.34. The molecule has 0 radical (unpaired) electrons. The van der Waals surface area contributed by atoms with Gasteiger partial charge in [-0.1, -0.05) is 0 Å². The van der Waals surface area contributed by atoms with E-state index >= 15 is 0 Å². The Morgan fingerprint density at radius 3 is 2.90 bits per heavy atom. The lowest BCUT2D eigenvalue weighted by molar-refractivity contribution is 0.343. The van der Waals surface area contributed by atoms with E-state index in [1.54, 1.807) is 12.1 Å². The molecule has 0 amide bonds. The Morgan fingerprint density at radius 1 is 1.34 bits per heavy atom. The van der Waals surface area contributed by atoms with E-state index in [4.69, 9.17) is 9.15 Å². The average Bonchev–Trinajstić information content (AvgIpc) is 3.33. The molecule has 0 bridgehead atoms. The van der Waals surface area contributed by atoms with Gasteiger partial charge in [-0.05, 0) is 30.7 Å². The van der Waals surface area contributed by atoms with Gasteiger partial charge in [0.15, 0.2) is 23.5 Å². The molecule has 1 saturated heterocycles. The van der Waals surface area contributed by atoms with Crippen molar-refractivity contribution in [3.05, 3.63) is 48.1 Å². The van der Waals surface area contributed by atoms with Crippen LogP contribution in [0.4, 0.5) is 14.5 Å². The first-order valence-corrected chi connectivity index (χ1v) is 9.97. The number of nitrogens with zero attached hydrogens (tertiary/aromatic N) is 3. The molecule has 1 N–H and O–H groups in total. The van der Waals surface area contributed by atoms with Crippen molar-refractivity contribution in [2.24, 2.45) is 0 Å². The molecule has 1 fully saturated rings. The quantitative estimate of drug-likeness (QED) is 0.678. The molecule has 0 spiro atoms. The first-order valence-electron chi connectivity index (χ1n) is 8.53. The van der Waals surface area contributed by atoms with E-state index in [1.165, 1.54) is 18.5 Å². The molecule has 1 aliphatic heterocycles. The van der Waals surface area contributed by atoms with Crippen LogP contribution in [0.25, 0.3) is 11.1 Å². The molecule has 1 aliphatic rings. The van der Waals surface area contributed by atoms with E-state index < -0.39 is 27.9 Å². The van der Waals surface area contributed by atoms with E-state index in [0.717, 1.165) is 16.4 Å². The maximum Gasteiger partial charge on any atom is 0.301 e. The van der Waals surface area contributed by atoms with Gasteiger partial charge in [0.2, 0.25) is 0 Å². The van der Waals surface area contributed by atoms with Crippen LogP contribution in [-0.4, -0.2) is 37.0 Å². The molecule has 1 unspecified atom stereocenters. The van der Waals surface area contributed by atoms with Crippen LogP contribution in [0.3, 0.4) is 0 Å². The zero-order chi connectivity index (χ0) is 20.6. The van der Waals surface area contributed by atoms with Crippen LogP contribution in [0, 0.1) is 17.1 Å². The van der Waals surface area contributed by atoms with Gasteiger partial charge >= 0.3 is 10.2 Å². The highest BCUT2D eigenvalue weighted by Gasteiger charge is 2.32. The molecule has 2 aromatic carbocycles. The third kappa shape index (κ3) is 3.72. The fraction of sp³-hybridized carbons (Fsp3) is 0.222. The Morgan fingerprint density at radius 2 is 2.17 bits per heavy atom. The molecule has 1 atom stereocenters. The molecule has 11 heteroatoms. The van der Waals surface area contributed by atoms with Crippen LogP contribution >= 0.6 is 0 Å². The Bertz CT molecular complexity index is 1220. The molecule has 3 aromatic rings. The number of alkyl halides is 1. The highest BCUT2D eigenvalue weighted by molar-refractivity contribution is 7.90. The number of hydrogen-bond acceptors (Lipinski definition) is 6. The van der Waals surface area contributed by atoms with Gasteiger partial charge in [-0.25, -0.2) is 13.8 Å². The number of halogens is 2. The number of aromatic nitrogens is 1. The lowest BCUT2D eigenvalue weighted by atomic mass is 10.1. The second-order valence-electron chi connectivity index (χ2n) is 6.35. The minimum atomic E-state index is -4.11. The number of anilines is 1. The van der Waals surface area contributed by atoms with Crippen molar-refractivity contribution < 1.29 is 26.4 Å². The zero-order valence-electron chi connectivity index (χ0n) is 14.8. The second kappa shape index (κ2) is 7.31. The molecule has 0 saturated carbocycles. The summed E-state index contributed by atoms with van der Waals surface area (Å²) in [7, 11) is -4.11. The number of oxazole rings is 1. The minimum absolute atomic E-state index is 0.0140. The third-order valence-electron chi connectivity index (χ3n) is 4.42. The summed E-state index contributed by atoms with van der Waals surface area (Å²) in [6, 6.07) is 8.41. The van der Waals surface area contributed by atoms with Crippen LogP contribution in [0.2, 0.25) is 0 Å². The molecular weight excluding hydrogens is 406 g/mol. The highest BCUT2D eigenvalue weighted by Crippen LogP contribution is 2.34. The van der Waals surface area contributed by atoms with Crippen LogP contribution in [-0.2, 0) is 10.2 Å². The van der Waals surface area contributed by atoms with Gasteiger partial charge in [-0.15, -0.1) is 0 Å². The third-order valence-corrected chi connectivity index (χ3v) is 5.91. The molecule has 2 heterocycles. The van der Waals surface area contributed by atoms with Crippen molar-refractivity contribution in [2.45, 2.75) is 12.6 Å². The molecule has 1 aromatic heterocycles. The monoisotopic (exact) mass is 420 g/mol. The Hall–Kier alpha value is -3.23. The predicted octanol–water partition coefficient (Wildman–Crippen LogP) is 3.33. The largest absolute Gasteiger partial charge is 0.453 e. The summed E-state index contributed by atoms with van der Waals surface area (Å²) in [6.45, 7) is -0.265. The normalized spacial score (nSPS) is 17.3. The molecule has 0 aliphatic carbocycles. The second-order valence-corrected chi connectivity index (χ2v) is 8.02. The minimum Gasteiger partial charge on any atom is -0.453 e. The van der Waals surface area contributed by atoms with Gasteiger partial charge < -0.3 is 9.15 Å². The molecule has 29 heavy (non-hydrogen) atoms. The summed E-state index contributed by atoms with van der Waals surface area (Å²) in [6.07, 6.45) is 0.0828. The number of ether oxygens (including phenoxy) is 1. The standard InChI is InChI=1S/C18H14F2N4O4S/c19-11-5-6-24(9-11)29(25,26)23-15-4-2-14(20)18(13(15)8-21)28-12-1-3-16-17(7-12)27-10-22-16/h1-4,7,10-11,23H,5-6,9H2. The summed E-state index contributed by atoms with van der Waals surface area (Å²) in [5.41, 5.74) is 0.443. The smallest absolute Gasteiger partial charge is 0.301 e. The maximum absolute atomic E-state index is 14.4. The van der Waals surface area contributed by atoms with E-state index in [0.29, 0.717) is 11.1 Å². The van der Waals surface area contributed by atoms with Gasteiger partial charge in [-0.2, -0.15) is 18.0 Å². The van der Waals surface area contributed by atoms with Crippen LogP contribution in [0.1, 0.15) is 12.0 Å². The number of hydrogen-bond donors (Lipinski definition) is 1. The molecule has 4 rings (SSSR count). The van der Waals surface area contributed by atoms with Crippen molar-refractivity contribution in [2.75, 3.05) is 17.8 Å². The van der Waals surface area contributed by atoms with E-state index in [-0.39, 0.29) is 36.5 Å². The maximum atomic E-state index is 14.4. The van der Waals surface area contributed by atoms with Crippen LogP contribution in [0.5, 0.6) is 11.5 Å². The summed E-state index contributed by atoms with van der Waals surface area (Å²) in [5, 5.41) is 9.51. The number of rotatable bonds is 5. The van der Waals surface area contributed by atoms with Crippen LogP contribution < -0.4 is 9.46 Å². The van der Waals surface area contributed by atoms with E-state index in [2.05, 4.69) is 9.71 Å². The number of nitrogens with one attached hydrogen (secondary N) is 1. The number of benzene rings is 2. The highest BCUT2D eigenvalue weighted by atomic mass is 32.2. The Labute approximate surface area is 164 Å². The van der Waals surface area contributed by atoms with Crippen molar-refractivity contribution in [1.82, 2.24) is 9.29 Å². The topological polar surface area (TPSA) is 108 Å².